The maximum Gasteiger partial charge on any atom is 0.126 e. The highest BCUT2D eigenvalue weighted by Crippen LogP contribution is 2.23. The number of aryl methyl sites for hydroxylation is 4. The van der Waals surface area contributed by atoms with Crippen LogP contribution >= 0.6 is 0 Å². The zero-order valence-corrected chi connectivity index (χ0v) is 18.2. The Balaban J connectivity index is 0.000000488. The fraction of sp³-hybridized carbons (Fsp3) is 0.360. The van der Waals surface area contributed by atoms with Gasteiger partial charge in [0.15, 0.2) is 0 Å². The van der Waals surface area contributed by atoms with E-state index in [0.29, 0.717) is 0 Å². The Morgan fingerprint density at radius 3 is 2.31 bits per heavy atom. The lowest BCUT2D eigenvalue weighted by molar-refractivity contribution is -0.0987. The molecule has 0 radical (unpaired) electrons. The second kappa shape index (κ2) is 15.3. The maximum atomic E-state index is 12.8. The van der Waals surface area contributed by atoms with Crippen molar-refractivity contribution >= 4 is 19.7 Å². The molecule has 0 bridgehead atoms. The van der Waals surface area contributed by atoms with Crippen LogP contribution < -0.4 is 5.32 Å². The molecule has 2 aromatic carbocycles. The molecule has 3 rings (SSSR count). The molecule has 0 atom stereocenters. The molecule has 0 unspecified atom stereocenters. The molecular formula is C25H34FNO2. The molecule has 2 aromatic rings. The van der Waals surface area contributed by atoms with Gasteiger partial charge >= 0.3 is 0 Å². The molecule has 4 heteroatoms. The predicted molar refractivity (Wildman–Crippen MR) is 121 cm³/mol. The SMILES string of the molecule is C/C=C\c1c(C)ccc2c1CNCCC2.C=O.C=O.CCc1ccc(C)c(F)c1. The quantitative estimate of drug-likeness (QED) is 0.736. The molecule has 0 saturated heterocycles. The van der Waals surface area contributed by atoms with Gasteiger partial charge < -0.3 is 14.9 Å². The normalized spacial score (nSPS) is 12.2. The van der Waals surface area contributed by atoms with Crippen molar-refractivity contribution in [3.8, 4) is 0 Å². The highest BCUT2D eigenvalue weighted by molar-refractivity contribution is 5.60. The molecule has 0 spiro atoms. The number of fused-ring (bicyclic) bond motifs is 1. The van der Waals surface area contributed by atoms with Gasteiger partial charge in [-0.05, 0) is 86.0 Å². The summed E-state index contributed by atoms with van der Waals surface area (Å²) in [6.45, 7) is 14.2. The van der Waals surface area contributed by atoms with Crippen LogP contribution in [0.2, 0.25) is 0 Å². The first-order valence-corrected chi connectivity index (χ1v) is 9.84. The minimum Gasteiger partial charge on any atom is -0.313 e. The Kier molecular flexibility index (Phi) is 14.0. The number of benzene rings is 2. The molecule has 1 aliphatic heterocycles. The maximum absolute atomic E-state index is 12.8. The van der Waals surface area contributed by atoms with Gasteiger partial charge in [-0.1, -0.05) is 43.3 Å². The van der Waals surface area contributed by atoms with Crippen LogP contribution in [-0.4, -0.2) is 20.1 Å². The Hall–Kier alpha value is -2.59. The van der Waals surface area contributed by atoms with Gasteiger partial charge in [-0.3, -0.25) is 0 Å². The van der Waals surface area contributed by atoms with Crippen molar-refractivity contribution in [2.45, 2.75) is 53.5 Å². The molecule has 0 aliphatic carbocycles. The number of hydrogen-bond acceptors (Lipinski definition) is 3. The summed E-state index contributed by atoms with van der Waals surface area (Å²) in [6.07, 6.45) is 7.74. The van der Waals surface area contributed by atoms with E-state index in [9.17, 15) is 4.39 Å². The van der Waals surface area contributed by atoms with Crippen LogP contribution in [-0.2, 0) is 29.0 Å². The number of rotatable bonds is 2. The lowest BCUT2D eigenvalue weighted by Crippen LogP contribution is -2.13. The van der Waals surface area contributed by atoms with Crippen LogP contribution in [0.15, 0.2) is 36.4 Å². The summed E-state index contributed by atoms with van der Waals surface area (Å²) in [5.74, 6) is -0.0978. The lowest BCUT2D eigenvalue weighted by atomic mass is 9.94. The highest BCUT2D eigenvalue weighted by Gasteiger charge is 2.11. The van der Waals surface area contributed by atoms with Gasteiger partial charge in [0, 0.05) is 6.54 Å². The standard InChI is InChI=1S/C14H19N.C9H11F.2CH2O/c1-3-5-13-11(2)7-8-12-6-4-9-15-10-14(12)13;1-3-8-5-4-7(2)9(10)6-8;2*1-2/h3,5,7-8,15H,4,6,9-10H2,1-2H3;4-6H,3H2,1-2H3;2*1H2/b5-3-;;;. The van der Waals surface area contributed by atoms with Gasteiger partial charge in [-0.25, -0.2) is 4.39 Å². The van der Waals surface area contributed by atoms with E-state index in [1.54, 1.807) is 13.0 Å². The van der Waals surface area contributed by atoms with Gasteiger partial charge in [-0.2, -0.15) is 0 Å². The third-order valence-corrected chi connectivity index (χ3v) is 4.75. The first-order valence-electron chi connectivity index (χ1n) is 9.84. The summed E-state index contributed by atoms with van der Waals surface area (Å²) in [6, 6.07) is 9.91. The zero-order chi connectivity index (χ0) is 22.2. The summed E-state index contributed by atoms with van der Waals surface area (Å²) in [5.41, 5.74) is 7.62. The summed E-state index contributed by atoms with van der Waals surface area (Å²) in [4.78, 5) is 16.0. The van der Waals surface area contributed by atoms with E-state index in [1.165, 1.54) is 35.1 Å². The van der Waals surface area contributed by atoms with Gasteiger partial charge in [0.2, 0.25) is 0 Å². The number of nitrogens with one attached hydrogen (secondary N) is 1. The number of hydrogen-bond donors (Lipinski definition) is 1. The summed E-state index contributed by atoms with van der Waals surface area (Å²) in [5, 5.41) is 3.50. The Bertz CT molecular complexity index is 770. The topological polar surface area (TPSA) is 46.2 Å². The molecule has 3 nitrogen and oxygen atoms in total. The Labute approximate surface area is 175 Å². The van der Waals surface area contributed by atoms with E-state index in [1.807, 2.05) is 32.6 Å². The fourth-order valence-corrected chi connectivity index (χ4v) is 3.14. The van der Waals surface area contributed by atoms with Crippen molar-refractivity contribution in [2.75, 3.05) is 6.54 Å². The first-order chi connectivity index (χ1) is 14.1. The van der Waals surface area contributed by atoms with Crippen LogP contribution in [0.1, 0.15) is 53.6 Å². The van der Waals surface area contributed by atoms with Crippen LogP contribution in [0, 0.1) is 19.7 Å². The second-order valence-corrected chi connectivity index (χ2v) is 6.65. The largest absolute Gasteiger partial charge is 0.313 e. The molecule has 29 heavy (non-hydrogen) atoms. The molecular weight excluding hydrogens is 365 g/mol. The number of halogens is 1. The summed E-state index contributed by atoms with van der Waals surface area (Å²) < 4.78 is 12.8. The minimum absolute atomic E-state index is 0.0978. The third kappa shape index (κ3) is 8.53. The molecule has 158 valence electrons. The molecule has 0 fully saturated rings. The molecule has 1 aliphatic rings. The van der Waals surface area contributed by atoms with E-state index >= 15 is 0 Å². The van der Waals surface area contributed by atoms with Crippen LogP contribution in [0.25, 0.3) is 6.08 Å². The molecule has 0 aromatic heterocycles. The number of allylic oxidation sites excluding steroid dienone is 1. The smallest absolute Gasteiger partial charge is 0.126 e. The molecule has 0 saturated carbocycles. The van der Waals surface area contributed by atoms with Gasteiger partial charge in [0.1, 0.15) is 19.4 Å². The number of carbonyl (C=O) groups excluding carboxylic acids is 2. The van der Waals surface area contributed by atoms with Crippen molar-refractivity contribution < 1.29 is 14.0 Å². The van der Waals surface area contributed by atoms with E-state index in [4.69, 9.17) is 9.59 Å². The van der Waals surface area contributed by atoms with Crippen molar-refractivity contribution in [1.82, 2.24) is 5.32 Å². The van der Waals surface area contributed by atoms with Gasteiger partial charge in [0.05, 0.1) is 0 Å². The lowest BCUT2D eigenvalue weighted by Gasteiger charge is -2.12. The van der Waals surface area contributed by atoms with Crippen LogP contribution in [0.3, 0.4) is 0 Å². The third-order valence-electron chi connectivity index (χ3n) is 4.75. The summed E-state index contributed by atoms with van der Waals surface area (Å²) in [7, 11) is 0. The highest BCUT2D eigenvalue weighted by atomic mass is 19.1. The van der Waals surface area contributed by atoms with Crippen molar-refractivity contribution in [3.05, 3.63) is 75.6 Å². The number of carbonyl (C=O) groups is 2. The molecule has 1 N–H and O–H groups in total. The monoisotopic (exact) mass is 399 g/mol. The molecule has 0 amide bonds. The second-order valence-electron chi connectivity index (χ2n) is 6.65. The average Bonchev–Trinajstić information content (AvgIpc) is 3.01. The fourth-order valence-electron chi connectivity index (χ4n) is 3.14. The predicted octanol–water partition coefficient (Wildman–Crippen LogP) is 5.39. The first kappa shape index (κ1) is 26.4. The van der Waals surface area contributed by atoms with Crippen molar-refractivity contribution in [3.63, 3.8) is 0 Å². The minimum atomic E-state index is -0.0978. The Morgan fingerprint density at radius 2 is 1.72 bits per heavy atom. The summed E-state index contributed by atoms with van der Waals surface area (Å²) >= 11 is 0. The van der Waals surface area contributed by atoms with Gasteiger partial charge in [0.25, 0.3) is 0 Å². The average molecular weight is 400 g/mol. The zero-order valence-electron chi connectivity index (χ0n) is 18.2. The van der Waals surface area contributed by atoms with Gasteiger partial charge in [-0.15, -0.1) is 0 Å². The van der Waals surface area contributed by atoms with Crippen LogP contribution in [0.4, 0.5) is 4.39 Å². The van der Waals surface area contributed by atoms with E-state index < -0.39 is 0 Å². The van der Waals surface area contributed by atoms with E-state index in [-0.39, 0.29) is 5.82 Å². The van der Waals surface area contributed by atoms with E-state index in [0.717, 1.165) is 30.6 Å². The van der Waals surface area contributed by atoms with Crippen molar-refractivity contribution in [2.24, 2.45) is 0 Å². The van der Waals surface area contributed by atoms with E-state index in [2.05, 4.69) is 43.4 Å². The van der Waals surface area contributed by atoms with Crippen LogP contribution in [0.5, 0.6) is 0 Å². The van der Waals surface area contributed by atoms with Crippen molar-refractivity contribution in [1.29, 1.82) is 0 Å². The molecule has 1 heterocycles. The Morgan fingerprint density at radius 1 is 1.07 bits per heavy atom.